The maximum Gasteiger partial charge on any atom is 0.264 e. The van der Waals surface area contributed by atoms with Crippen LogP contribution in [0.2, 0.25) is 10.0 Å². The van der Waals surface area contributed by atoms with Crippen LogP contribution in [-0.2, 0) is 26.2 Å². The third-order valence-corrected chi connectivity index (χ3v) is 9.52. The number of carbonyl (C=O) groups is 2. The first-order valence-electron chi connectivity index (χ1n) is 13.4. The van der Waals surface area contributed by atoms with Gasteiger partial charge in [0.05, 0.1) is 15.6 Å². The van der Waals surface area contributed by atoms with Crippen LogP contribution in [0.4, 0.5) is 10.1 Å². The van der Waals surface area contributed by atoms with Crippen molar-refractivity contribution in [2.45, 2.75) is 62.6 Å². The first kappa shape index (κ1) is 30.8. The lowest BCUT2D eigenvalue weighted by Gasteiger charge is -2.33. The molecule has 41 heavy (non-hydrogen) atoms. The summed E-state index contributed by atoms with van der Waals surface area (Å²) in [5, 5.41) is 3.29. The maximum absolute atomic E-state index is 14.0. The monoisotopic (exact) mass is 619 g/mol. The predicted molar refractivity (Wildman–Crippen MR) is 159 cm³/mol. The minimum absolute atomic E-state index is 0.0133. The quantitative estimate of drug-likeness (QED) is 0.293. The molecule has 0 radical (unpaired) electrons. The van der Waals surface area contributed by atoms with Gasteiger partial charge in [-0.1, -0.05) is 72.8 Å². The predicted octanol–water partition coefficient (Wildman–Crippen LogP) is 6.19. The lowest BCUT2D eigenvalue weighted by molar-refractivity contribution is -0.139. The van der Waals surface area contributed by atoms with Gasteiger partial charge in [0.2, 0.25) is 11.8 Å². The molecular formula is C30H32Cl2FN3O4S. The fourth-order valence-corrected chi connectivity index (χ4v) is 6.55. The topological polar surface area (TPSA) is 86.8 Å². The van der Waals surface area contributed by atoms with Crippen molar-refractivity contribution in [3.8, 4) is 0 Å². The second-order valence-electron chi connectivity index (χ2n) is 10.1. The molecule has 1 unspecified atom stereocenters. The molecule has 1 atom stereocenters. The van der Waals surface area contributed by atoms with E-state index in [4.69, 9.17) is 23.2 Å². The van der Waals surface area contributed by atoms with Crippen molar-refractivity contribution in [2.75, 3.05) is 10.8 Å². The normalized spacial score (nSPS) is 14.7. The lowest BCUT2D eigenvalue weighted by atomic mass is 9.95. The highest BCUT2D eigenvalue weighted by molar-refractivity contribution is 7.92. The van der Waals surface area contributed by atoms with Crippen molar-refractivity contribution in [2.24, 2.45) is 0 Å². The number of carbonyl (C=O) groups excluding carboxylic acids is 2. The third-order valence-electron chi connectivity index (χ3n) is 7.19. The molecule has 3 aromatic rings. The Morgan fingerprint density at radius 2 is 1.63 bits per heavy atom. The van der Waals surface area contributed by atoms with Gasteiger partial charge in [-0.25, -0.2) is 12.8 Å². The van der Waals surface area contributed by atoms with E-state index in [0.29, 0.717) is 10.6 Å². The van der Waals surface area contributed by atoms with E-state index in [-0.39, 0.29) is 34.1 Å². The summed E-state index contributed by atoms with van der Waals surface area (Å²) in [7, 11) is -4.27. The molecule has 2 amide bonds. The minimum atomic E-state index is -4.27. The molecule has 0 saturated heterocycles. The zero-order valence-corrected chi connectivity index (χ0v) is 24.9. The fourth-order valence-electron chi connectivity index (χ4n) is 4.83. The largest absolute Gasteiger partial charge is 0.352 e. The highest BCUT2D eigenvalue weighted by Crippen LogP contribution is 2.28. The van der Waals surface area contributed by atoms with E-state index < -0.39 is 34.3 Å². The average molecular weight is 621 g/mol. The summed E-state index contributed by atoms with van der Waals surface area (Å²) in [4.78, 5) is 28.6. The molecule has 0 bridgehead atoms. The first-order valence-corrected chi connectivity index (χ1v) is 15.6. The second kappa shape index (κ2) is 13.7. The molecule has 0 aromatic heterocycles. The minimum Gasteiger partial charge on any atom is -0.352 e. The summed E-state index contributed by atoms with van der Waals surface area (Å²) < 4.78 is 42.4. The number of hydrogen-bond acceptors (Lipinski definition) is 4. The molecule has 0 spiro atoms. The third kappa shape index (κ3) is 7.78. The summed E-state index contributed by atoms with van der Waals surface area (Å²) in [6.45, 7) is 1.02. The van der Waals surface area contributed by atoms with E-state index in [1.807, 2.05) is 0 Å². The van der Waals surface area contributed by atoms with Gasteiger partial charge >= 0.3 is 0 Å². The van der Waals surface area contributed by atoms with Crippen LogP contribution in [-0.4, -0.2) is 43.8 Å². The van der Waals surface area contributed by atoms with E-state index in [9.17, 15) is 22.4 Å². The Bertz CT molecular complexity index is 1470. The van der Waals surface area contributed by atoms with E-state index >= 15 is 0 Å². The highest BCUT2D eigenvalue weighted by atomic mass is 35.5. The van der Waals surface area contributed by atoms with Gasteiger partial charge in [0.1, 0.15) is 18.4 Å². The molecule has 7 nitrogen and oxygen atoms in total. The Balaban J connectivity index is 1.68. The lowest BCUT2D eigenvalue weighted by Crippen LogP contribution is -2.53. The molecule has 1 aliphatic rings. The van der Waals surface area contributed by atoms with Crippen molar-refractivity contribution < 1.29 is 22.4 Å². The highest BCUT2D eigenvalue weighted by Gasteiger charge is 2.33. The van der Waals surface area contributed by atoms with E-state index in [2.05, 4.69) is 5.32 Å². The number of nitrogens with zero attached hydrogens (tertiary/aromatic N) is 2. The van der Waals surface area contributed by atoms with Gasteiger partial charge in [-0.05, 0) is 67.8 Å². The van der Waals surface area contributed by atoms with Crippen LogP contribution in [0.3, 0.4) is 0 Å². The molecule has 1 aliphatic carbocycles. The number of hydrogen-bond donors (Lipinski definition) is 1. The van der Waals surface area contributed by atoms with E-state index in [1.165, 1.54) is 23.1 Å². The molecule has 0 heterocycles. The standard InChI is InChI=1S/C30H32Cl2FN3O4S/c1-21(30(38)34-24-8-4-2-5-9-24)35(19-22-12-14-23(31)15-13-22)29(37)20-36(25-16-17-28(33)27(32)18-25)41(39,40)26-10-6-3-7-11-26/h3,6-7,10-18,21,24H,2,4-5,8-9,19-20H2,1H3,(H,34,38). The Labute approximate surface area is 250 Å². The van der Waals surface area contributed by atoms with Crippen LogP contribution in [0, 0.1) is 5.82 Å². The van der Waals surface area contributed by atoms with Gasteiger partial charge in [-0.2, -0.15) is 0 Å². The number of anilines is 1. The van der Waals surface area contributed by atoms with Gasteiger partial charge in [-0.15, -0.1) is 0 Å². The van der Waals surface area contributed by atoms with Crippen LogP contribution in [0.1, 0.15) is 44.6 Å². The average Bonchev–Trinajstić information content (AvgIpc) is 2.97. The Morgan fingerprint density at radius 3 is 2.27 bits per heavy atom. The first-order chi connectivity index (χ1) is 19.6. The molecule has 218 valence electrons. The zero-order chi connectivity index (χ0) is 29.6. The summed E-state index contributed by atoms with van der Waals surface area (Å²) in [6, 6.07) is 17.0. The van der Waals surface area contributed by atoms with Crippen LogP contribution >= 0.6 is 23.2 Å². The molecular weight excluding hydrogens is 588 g/mol. The number of rotatable bonds is 10. The van der Waals surface area contributed by atoms with Crippen molar-refractivity contribution in [1.82, 2.24) is 10.2 Å². The number of nitrogens with one attached hydrogen (secondary N) is 1. The van der Waals surface area contributed by atoms with Crippen molar-refractivity contribution in [1.29, 1.82) is 0 Å². The number of halogens is 3. The number of sulfonamides is 1. The Kier molecular flexibility index (Phi) is 10.3. The number of benzene rings is 3. The van der Waals surface area contributed by atoms with Crippen LogP contribution in [0.15, 0.2) is 77.7 Å². The molecule has 0 aliphatic heterocycles. The molecule has 11 heteroatoms. The summed E-state index contributed by atoms with van der Waals surface area (Å²) >= 11 is 12.0. The van der Waals surface area contributed by atoms with Crippen LogP contribution in [0.25, 0.3) is 0 Å². The summed E-state index contributed by atoms with van der Waals surface area (Å²) in [6.07, 6.45) is 4.93. The van der Waals surface area contributed by atoms with Gasteiger partial charge in [0.25, 0.3) is 10.0 Å². The second-order valence-corrected chi connectivity index (χ2v) is 12.8. The molecule has 1 fully saturated rings. The van der Waals surface area contributed by atoms with E-state index in [0.717, 1.165) is 48.5 Å². The molecule has 1 saturated carbocycles. The summed E-state index contributed by atoms with van der Waals surface area (Å²) in [5.74, 6) is -1.66. The van der Waals surface area contributed by atoms with Gasteiger partial charge < -0.3 is 10.2 Å². The maximum atomic E-state index is 14.0. The van der Waals surface area contributed by atoms with Gasteiger partial charge in [-0.3, -0.25) is 13.9 Å². The van der Waals surface area contributed by atoms with Crippen molar-refractivity contribution >= 4 is 50.7 Å². The fraction of sp³-hybridized carbons (Fsp3) is 0.333. The Hall–Kier alpha value is -3.14. The van der Waals surface area contributed by atoms with E-state index in [1.54, 1.807) is 49.4 Å². The SMILES string of the molecule is CC(C(=O)NC1CCCCC1)N(Cc1ccc(Cl)cc1)C(=O)CN(c1ccc(F)c(Cl)c1)S(=O)(=O)c1ccccc1. The van der Waals surface area contributed by atoms with Crippen molar-refractivity contribution in [3.05, 3.63) is 94.2 Å². The molecule has 4 rings (SSSR count). The Morgan fingerprint density at radius 1 is 0.976 bits per heavy atom. The van der Waals surface area contributed by atoms with Crippen LogP contribution < -0.4 is 9.62 Å². The molecule has 3 aromatic carbocycles. The summed E-state index contributed by atoms with van der Waals surface area (Å²) in [5.41, 5.74) is 0.724. The molecule has 1 N–H and O–H groups in total. The van der Waals surface area contributed by atoms with Gasteiger partial charge in [0, 0.05) is 17.6 Å². The van der Waals surface area contributed by atoms with Crippen LogP contribution in [0.5, 0.6) is 0 Å². The van der Waals surface area contributed by atoms with Crippen molar-refractivity contribution in [3.63, 3.8) is 0 Å². The smallest absolute Gasteiger partial charge is 0.264 e. The van der Waals surface area contributed by atoms with Gasteiger partial charge in [0.15, 0.2) is 0 Å². The number of amides is 2. The zero-order valence-electron chi connectivity index (χ0n) is 22.6.